The zero-order valence-electron chi connectivity index (χ0n) is 16.0. The molecule has 2 saturated heterocycles. The molecule has 0 saturated carbocycles. The number of aryl methyl sites for hydroxylation is 1. The van der Waals surface area contributed by atoms with Crippen LogP contribution in [0, 0.1) is 0 Å². The summed E-state index contributed by atoms with van der Waals surface area (Å²) >= 11 is 1.57. The number of fused-ring (bicyclic) bond motifs is 3. The number of nitrogens with one attached hydrogen (secondary N) is 1. The van der Waals surface area contributed by atoms with E-state index in [0.29, 0.717) is 5.69 Å². The summed E-state index contributed by atoms with van der Waals surface area (Å²) in [6.45, 7) is 4.00. The first kappa shape index (κ1) is 17.3. The number of amides is 1. The number of piperidine rings is 1. The number of nitrogens with zero attached hydrogens (tertiary/aromatic N) is 2. The number of thiophene rings is 1. The molecule has 0 radical (unpaired) electrons. The second-order valence-corrected chi connectivity index (χ2v) is 9.25. The van der Waals surface area contributed by atoms with Crippen molar-refractivity contribution in [2.24, 2.45) is 0 Å². The van der Waals surface area contributed by atoms with E-state index in [-0.39, 0.29) is 5.91 Å². The number of hydrogen-bond donors (Lipinski definition) is 1. The summed E-state index contributed by atoms with van der Waals surface area (Å²) in [4.78, 5) is 23.1. The summed E-state index contributed by atoms with van der Waals surface area (Å²) in [6, 6.07) is 0. The Labute approximate surface area is 164 Å². The van der Waals surface area contributed by atoms with Gasteiger partial charge in [-0.3, -0.25) is 9.69 Å². The number of likely N-dealkylation sites (tertiary alicyclic amines) is 1. The van der Waals surface area contributed by atoms with Crippen molar-refractivity contribution >= 4 is 39.0 Å². The highest BCUT2D eigenvalue weighted by Gasteiger charge is 2.32. The number of rotatable bonds is 2. The first-order valence-corrected chi connectivity index (χ1v) is 11.4. The molecule has 2 aliphatic heterocycles. The Kier molecular flexibility index (Phi) is 4.46. The van der Waals surface area contributed by atoms with Crippen molar-refractivity contribution in [1.82, 2.24) is 4.90 Å². The molecular weight excluding hydrogens is 356 g/mol. The van der Waals surface area contributed by atoms with E-state index in [1.165, 1.54) is 49.0 Å². The molecule has 3 N–H and O–H groups in total. The SMILES string of the molecule is Nc1c(C(=O)N2CCCC2)sc2[nH+]c(N3CCCCC3)c3c(c12)CCCC3. The maximum atomic E-state index is 13.0. The number of nitrogens with two attached hydrogens (primary N) is 1. The van der Waals surface area contributed by atoms with Gasteiger partial charge in [0, 0.05) is 18.7 Å². The number of H-pyrrole nitrogens is 1. The Balaban J connectivity index is 1.64. The van der Waals surface area contributed by atoms with Crippen LogP contribution in [0.3, 0.4) is 0 Å². The van der Waals surface area contributed by atoms with E-state index in [2.05, 4.69) is 9.88 Å². The van der Waals surface area contributed by atoms with E-state index in [1.54, 1.807) is 11.3 Å². The quantitative estimate of drug-likeness (QED) is 0.862. The van der Waals surface area contributed by atoms with Crippen LogP contribution in [0.25, 0.3) is 10.2 Å². The van der Waals surface area contributed by atoms with Crippen molar-refractivity contribution in [2.45, 2.75) is 57.8 Å². The largest absolute Gasteiger partial charge is 0.397 e. The number of aromatic nitrogens is 1. The third-order valence-corrected chi connectivity index (χ3v) is 7.60. The minimum atomic E-state index is 0.128. The van der Waals surface area contributed by atoms with Gasteiger partial charge in [-0.2, -0.15) is 0 Å². The molecule has 1 amide bonds. The van der Waals surface area contributed by atoms with Crippen molar-refractivity contribution < 1.29 is 9.78 Å². The van der Waals surface area contributed by atoms with Gasteiger partial charge in [0.15, 0.2) is 4.83 Å². The van der Waals surface area contributed by atoms with Gasteiger partial charge < -0.3 is 10.6 Å². The van der Waals surface area contributed by atoms with E-state index in [4.69, 9.17) is 5.73 Å². The number of hydrogen-bond acceptors (Lipinski definition) is 4. The summed E-state index contributed by atoms with van der Waals surface area (Å²) in [5, 5.41) is 1.14. The summed E-state index contributed by atoms with van der Waals surface area (Å²) < 4.78 is 0. The molecule has 3 aliphatic rings. The molecule has 4 heterocycles. The van der Waals surface area contributed by atoms with Crippen molar-refractivity contribution in [3.8, 4) is 0 Å². The van der Waals surface area contributed by atoms with Crippen molar-refractivity contribution in [3.05, 3.63) is 16.0 Å². The molecule has 0 spiro atoms. The normalized spacial score (nSPS) is 20.3. The molecule has 1 aliphatic carbocycles. The van der Waals surface area contributed by atoms with Crippen LogP contribution in [-0.4, -0.2) is 37.0 Å². The van der Waals surface area contributed by atoms with Gasteiger partial charge in [0.2, 0.25) is 0 Å². The van der Waals surface area contributed by atoms with Gasteiger partial charge in [-0.25, -0.2) is 4.98 Å². The minimum Gasteiger partial charge on any atom is -0.397 e. The third-order valence-electron chi connectivity index (χ3n) is 6.49. The van der Waals surface area contributed by atoms with Crippen LogP contribution in [0.4, 0.5) is 11.5 Å². The van der Waals surface area contributed by atoms with E-state index >= 15 is 0 Å². The molecule has 2 fully saturated rings. The van der Waals surface area contributed by atoms with Crippen LogP contribution < -0.4 is 15.6 Å². The molecular formula is C21H29N4OS+. The van der Waals surface area contributed by atoms with Crippen LogP contribution in [0.15, 0.2) is 0 Å². The predicted octanol–water partition coefficient (Wildman–Crippen LogP) is 3.40. The highest BCUT2D eigenvalue weighted by Crippen LogP contribution is 2.41. The number of carbonyl (C=O) groups excluding carboxylic acids is 1. The third kappa shape index (κ3) is 2.89. The Hall–Kier alpha value is -1.82. The highest BCUT2D eigenvalue weighted by atomic mass is 32.1. The number of pyridine rings is 1. The molecule has 0 bridgehead atoms. The molecule has 144 valence electrons. The zero-order valence-corrected chi connectivity index (χ0v) is 16.8. The van der Waals surface area contributed by atoms with Crippen molar-refractivity contribution in [3.63, 3.8) is 0 Å². The molecule has 0 atom stereocenters. The molecule has 5 rings (SSSR count). The summed E-state index contributed by atoms with van der Waals surface area (Å²) in [5.74, 6) is 1.43. The van der Waals surface area contributed by atoms with E-state index < -0.39 is 0 Å². The van der Waals surface area contributed by atoms with E-state index in [9.17, 15) is 4.79 Å². The number of anilines is 2. The predicted molar refractivity (Wildman–Crippen MR) is 111 cm³/mol. The fourth-order valence-electron chi connectivity index (χ4n) is 5.07. The van der Waals surface area contributed by atoms with Crippen LogP contribution in [0.1, 0.15) is 65.7 Å². The number of carbonyl (C=O) groups is 1. The maximum Gasteiger partial charge on any atom is 0.278 e. The summed E-state index contributed by atoms with van der Waals surface area (Å²) in [5.41, 5.74) is 10.2. The molecule has 6 heteroatoms. The average Bonchev–Trinajstić information content (AvgIpc) is 3.36. The smallest absolute Gasteiger partial charge is 0.278 e. The van der Waals surface area contributed by atoms with Gasteiger partial charge >= 0.3 is 0 Å². The second kappa shape index (κ2) is 6.97. The lowest BCUT2D eigenvalue weighted by Crippen LogP contribution is -2.36. The monoisotopic (exact) mass is 385 g/mol. The molecule has 2 aromatic rings. The van der Waals surface area contributed by atoms with Crippen molar-refractivity contribution in [2.75, 3.05) is 36.8 Å². The average molecular weight is 386 g/mol. The Morgan fingerprint density at radius 1 is 0.889 bits per heavy atom. The summed E-state index contributed by atoms with van der Waals surface area (Å²) in [6.07, 6.45) is 10.8. The lowest BCUT2D eigenvalue weighted by molar-refractivity contribution is -0.328. The molecule has 0 unspecified atom stereocenters. The van der Waals surface area contributed by atoms with Crippen LogP contribution in [0.2, 0.25) is 0 Å². The van der Waals surface area contributed by atoms with Gasteiger partial charge in [-0.15, -0.1) is 0 Å². The minimum absolute atomic E-state index is 0.128. The Morgan fingerprint density at radius 2 is 1.56 bits per heavy atom. The fraction of sp³-hybridized carbons (Fsp3) is 0.619. The fourth-order valence-corrected chi connectivity index (χ4v) is 6.18. The number of aromatic amines is 1. The lowest BCUT2D eigenvalue weighted by Gasteiger charge is -2.26. The van der Waals surface area contributed by atoms with Gasteiger partial charge in [0.05, 0.1) is 24.2 Å². The zero-order chi connectivity index (χ0) is 18.4. The van der Waals surface area contributed by atoms with Gasteiger partial charge in [-0.05, 0) is 63.4 Å². The molecule has 2 aromatic heterocycles. The highest BCUT2D eigenvalue weighted by molar-refractivity contribution is 7.20. The Bertz CT molecular complexity index is 878. The standard InChI is InChI=1S/C21H28N4OS/c22-17-16-14-8-2-3-9-15(14)19(24-10-4-1-5-11-24)23-20(16)27-18(17)21(26)25-12-6-7-13-25/h1-13,22H2/p+1. The Morgan fingerprint density at radius 3 is 2.30 bits per heavy atom. The van der Waals surface area contributed by atoms with Crippen LogP contribution in [0.5, 0.6) is 0 Å². The number of nitrogen functional groups attached to an aromatic ring is 1. The summed E-state index contributed by atoms with van der Waals surface area (Å²) in [7, 11) is 0. The van der Waals surface area contributed by atoms with Gasteiger partial charge in [-0.1, -0.05) is 11.3 Å². The van der Waals surface area contributed by atoms with Crippen molar-refractivity contribution in [1.29, 1.82) is 0 Å². The lowest BCUT2D eigenvalue weighted by atomic mass is 9.89. The topological polar surface area (TPSA) is 63.7 Å². The van der Waals surface area contributed by atoms with E-state index in [1.807, 2.05) is 4.90 Å². The second-order valence-electron chi connectivity index (χ2n) is 8.23. The first-order valence-electron chi connectivity index (χ1n) is 10.6. The molecule has 5 nitrogen and oxygen atoms in total. The van der Waals surface area contributed by atoms with Gasteiger partial charge in [0.25, 0.3) is 11.7 Å². The first-order chi connectivity index (χ1) is 13.2. The molecule has 27 heavy (non-hydrogen) atoms. The maximum absolute atomic E-state index is 13.0. The van der Waals surface area contributed by atoms with Gasteiger partial charge in [0.1, 0.15) is 4.88 Å². The molecule has 0 aromatic carbocycles. The van der Waals surface area contributed by atoms with E-state index in [0.717, 1.165) is 67.0 Å². The van der Waals surface area contributed by atoms with Crippen LogP contribution >= 0.6 is 11.3 Å². The van der Waals surface area contributed by atoms with Crippen LogP contribution in [-0.2, 0) is 12.8 Å².